The number of halogens is 1. The number of benzene rings is 3. The van der Waals surface area contributed by atoms with Gasteiger partial charge < -0.3 is 19.5 Å². The third kappa shape index (κ3) is 6.56. The van der Waals surface area contributed by atoms with Gasteiger partial charge in [-0.2, -0.15) is 0 Å². The second-order valence-corrected chi connectivity index (χ2v) is 9.85. The molecule has 0 spiro atoms. The zero-order valence-electron chi connectivity index (χ0n) is 21.1. The molecule has 0 aromatic heterocycles. The van der Waals surface area contributed by atoms with Gasteiger partial charge in [0.25, 0.3) is 11.8 Å². The molecular weight excluding hydrogens is 570 g/mol. The van der Waals surface area contributed by atoms with E-state index < -0.39 is 0 Å². The van der Waals surface area contributed by atoms with Gasteiger partial charge in [-0.15, -0.1) is 0 Å². The number of hydrogen-bond acceptors (Lipinski definition) is 7. The fraction of sp³-hybridized carbons (Fsp3) is 0.179. The zero-order chi connectivity index (χ0) is 27.1. The first-order chi connectivity index (χ1) is 18.4. The fourth-order valence-electron chi connectivity index (χ4n) is 3.61. The highest BCUT2D eigenvalue weighted by Gasteiger charge is 2.32. The maximum Gasteiger partial charge on any atom is 0.266 e. The smallest absolute Gasteiger partial charge is 0.266 e. The van der Waals surface area contributed by atoms with Gasteiger partial charge in [0, 0.05) is 12.2 Å². The molecule has 0 aliphatic carbocycles. The van der Waals surface area contributed by atoms with Crippen molar-refractivity contribution >= 4 is 62.1 Å². The van der Waals surface area contributed by atoms with Crippen molar-refractivity contribution in [2.75, 3.05) is 32.7 Å². The Kier molecular flexibility index (Phi) is 9.09. The number of hydrogen-bond donors (Lipinski definition) is 1. The van der Waals surface area contributed by atoms with Crippen molar-refractivity contribution in [3.63, 3.8) is 0 Å². The molecule has 10 heteroatoms. The molecule has 0 saturated carbocycles. The van der Waals surface area contributed by atoms with Crippen LogP contribution >= 0.6 is 27.7 Å². The maximum atomic E-state index is 13.1. The lowest BCUT2D eigenvalue weighted by molar-refractivity contribution is -0.122. The van der Waals surface area contributed by atoms with E-state index in [1.54, 1.807) is 36.3 Å². The SMILES string of the molecule is CCN1C(=O)/C(=C\c2cc(Br)c(OCC(=O)Nc3ccccc3)c(OC)c2)SC1=Nc1ccc(OC)cc1. The molecule has 3 aromatic rings. The molecule has 4 rings (SSSR count). The van der Waals surface area contributed by atoms with E-state index in [2.05, 4.69) is 26.2 Å². The number of thioether (sulfide) groups is 1. The topological polar surface area (TPSA) is 89.5 Å². The van der Waals surface area contributed by atoms with Gasteiger partial charge in [0.15, 0.2) is 23.3 Å². The molecule has 1 aliphatic rings. The normalized spacial score (nSPS) is 15.2. The number of carbonyl (C=O) groups excluding carboxylic acids is 2. The van der Waals surface area contributed by atoms with Gasteiger partial charge in [0.1, 0.15) is 5.75 Å². The van der Waals surface area contributed by atoms with E-state index in [0.29, 0.717) is 38.3 Å². The molecule has 1 saturated heterocycles. The summed E-state index contributed by atoms with van der Waals surface area (Å²) in [5.41, 5.74) is 2.14. The van der Waals surface area contributed by atoms with Crippen LogP contribution in [-0.2, 0) is 9.59 Å². The largest absolute Gasteiger partial charge is 0.497 e. The number of para-hydroxylation sites is 1. The summed E-state index contributed by atoms with van der Waals surface area (Å²) in [6.07, 6.45) is 1.78. The number of carbonyl (C=O) groups is 2. The predicted octanol–water partition coefficient (Wildman–Crippen LogP) is 6.11. The Morgan fingerprint density at radius 1 is 1.08 bits per heavy atom. The van der Waals surface area contributed by atoms with E-state index in [1.165, 1.54) is 18.9 Å². The first-order valence-electron chi connectivity index (χ1n) is 11.7. The van der Waals surface area contributed by atoms with Crippen LogP contribution in [0.5, 0.6) is 17.2 Å². The van der Waals surface area contributed by atoms with Crippen molar-refractivity contribution in [2.24, 2.45) is 4.99 Å². The maximum absolute atomic E-state index is 13.1. The molecule has 196 valence electrons. The lowest BCUT2D eigenvalue weighted by Crippen LogP contribution is -2.28. The molecule has 1 N–H and O–H groups in total. The van der Waals surface area contributed by atoms with Crippen molar-refractivity contribution < 1.29 is 23.8 Å². The Labute approximate surface area is 233 Å². The van der Waals surface area contributed by atoms with Crippen LogP contribution in [0.4, 0.5) is 11.4 Å². The summed E-state index contributed by atoms with van der Waals surface area (Å²) in [6, 6.07) is 20.0. The Bertz CT molecular complexity index is 1380. The highest BCUT2D eigenvalue weighted by atomic mass is 79.9. The minimum absolute atomic E-state index is 0.127. The molecule has 8 nitrogen and oxygen atoms in total. The van der Waals surface area contributed by atoms with Crippen LogP contribution in [-0.4, -0.2) is 49.3 Å². The number of likely N-dealkylation sites (N-methyl/N-ethyl adjacent to an activating group) is 1. The second-order valence-electron chi connectivity index (χ2n) is 7.99. The molecule has 0 bridgehead atoms. The van der Waals surface area contributed by atoms with E-state index in [9.17, 15) is 9.59 Å². The number of nitrogens with one attached hydrogen (secondary N) is 1. The summed E-state index contributed by atoms with van der Waals surface area (Å²) in [4.78, 5) is 32.2. The number of amidine groups is 1. The number of amides is 2. The van der Waals surface area contributed by atoms with E-state index >= 15 is 0 Å². The van der Waals surface area contributed by atoms with Crippen LogP contribution in [0.25, 0.3) is 6.08 Å². The molecule has 38 heavy (non-hydrogen) atoms. The Hall–Kier alpha value is -3.76. The van der Waals surface area contributed by atoms with Crippen molar-refractivity contribution in [1.29, 1.82) is 0 Å². The van der Waals surface area contributed by atoms with Gasteiger partial charge in [-0.25, -0.2) is 4.99 Å². The van der Waals surface area contributed by atoms with Crippen LogP contribution in [0.15, 0.2) is 81.1 Å². The van der Waals surface area contributed by atoms with Crippen LogP contribution in [0.1, 0.15) is 12.5 Å². The first-order valence-corrected chi connectivity index (χ1v) is 13.3. The molecule has 0 atom stereocenters. The van der Waals surface area contributed by atoms with Crippen molar-refractivity contribution in [3.8, 4) is 17.2 Å². The van der Waals surface area contributed by atoms with E-state index in [-0.39, 0.29) is 18.4 Å². The molecule has 3 aromatic carbocycles. The Balaban J connectivity index is 1.51. The Morgan fingerprint density at radius 3 is 2.47 bits per heavy atom. The van der Waals surface area contributed by atoms with Crippen LogP contribution in [0.2, 0.25) is 0 Å². The summed E-state index contributed by atoms with van der Waals surface area (Å²) in [5, 5.41) is 3.38. The third-order valence-corrected chi connectivity index (χ3v) is 7.05. The van der Waals surface area contributed by atoms with Crippen LogP contribution in [0, 0.1) is 0 Å². The molecule has 1 aliphatic heterocycles. The van der Waals surface area contributed by atoms with Gasteiger partial charge in [-0.05, 0) is 94.8 Å². The third-order valence-electron chi connectivity index (χ3n) is 5.46. The minimum atomic E-state index is -0.298. The summed E-state index contributed by atoms with van der Waals surface area (Å²) < 4.78 is 17.1. The van der Waals surface area contributed by atoms with Crippen LogP contribution in [0.3, 0.4) is 0 Å². The standard InChI is InChI=1S/C28H26BrN3O5S/c1-4-32-27(34)24(38-28(32)31-20-10-12-21(35-2)13-11-20)16-18-14-22(29)26(23(15-18)36-3)37-17-25(33)30-19-8-6-5-7-9-19/h5-16H,4,17H2,1-3H3,(H,30,33)/b24-16+,31-28?. The van der Waals surface area contributed by atoms with Gasteiger partial charge in [-0.1, -0.05) is 18.2 Å². The summed E-state index contributed by atoms with van der Waals surface area (Å²) in [5.74, 6) is 1.13. The first kappa shape index (κ1) is 27.3. The fourth-order valence-corrected chi connectivity index (χ4v) is 5.24. The van der Waals surface area contributed by atoms with Crippen LogP contribution < -0.4 is 19.5 Å². The summed E-state index contributed by atoms with van der Waals surface area (Å²) in [7, 11) is 3.13. The van der Waals surface area contributed by atoms with E-state index in [0.717, 1.165) is 17.0 Å². The number of anilines is 1. The molecular formula is C28H26BrN3O5S. The lowest BCUT2D eigenvalue weighted by Gasteiger charge is -2.14. The van der Waals surface area contributed by atoms with Crippen molar-refractivity contribution in [2.45, 2.75) is 6.92 Å². The van der Waals surface area contributed by atoms with E-state index in [4.69, 9.17) is 14.2 Å². The van der Waals surface area contributed by atoms with Gasteiger partial charge in [0.2, 0.25) is 0 Å². The summed E-state index contributed by atoms with van der Waals surface area (Å²) >= 11 is 4.82. The van der Waals surface area contributed by atoms with Crippen molar-refractivity contribution in [3.05, 3.63) is 81.7 Å². The van der Waals surface area contributed by atoms with Gasteiger partial charge >= 0.3 is 0 Å². The zero-order valence-corrected chi connectivity index (χ0v) is 23.5. The van der Waals surface area contributed by atoms with E-state index in [1.807, 2.05) is 55.5 Å². The minimum Gasteiger partial charge on any atom is -0.497 e. The summed E-state index contributed by atoms with van der Waals surface area (Å²) in [6.45, 7) is 2.20. The molecule has 0 radical (unpaired) electrons. The van der Waals surface area contributed by atoms with Gasteiger partial charge in [-0.3, -0.25) is 14.5 Å². The van der Waals surface area contributed by atoms with Crippen molar-refractivity contribution in [1.82, 2.24) is 4.90 Å². The van der Waals surface area contributed by atoms with Gasteiger partial charge in [0.05, 0.1) is 29.3 Å². The Morgan fingerprint density at radius 2 is 1.82 bits per heavy atom. The highest BCUT2D eigenvalue weighted by molar-refractivity contribution is 9.10. The molecule has 1 heterocycles. The molecule has 0 unspecified atom stereocenters. The number of rotatable bonds is 9. The monoisotopic (exact) mass is 595 g/mol. The lowest BCUT2D eigenvalue weighted by atomic mass is 10.2. The molecule has 1 fully saturated rings. The number of aliphatic imine (C=N–C) groups is 1. The average molecular weight is 597 g/mol. The number of nitrogens with zero attached hydrogens (tertiary/aromatic N) is 2. The quantitative estimate of drug-likeness (QED) is 0.300. The second kappa shape index (κ2) is 12.7. The predicted molar refractivity (Wildman–Crippen MR) is 154 cm³/mol. The molecule has 2 amide bonds. The number of ether oxygens (including phenoxy) is 3. The average Bonchev–Trinajstić information content (AvgIpc) is 3.21. The number of methoxy groups -OCH3 is 2. The highest BCUT2D eigenvalue weighted by Crippen LogP contribution is 2.39.